The number of rotatable bonds is 3. The van der Waals surface area contributed by atoms with Crippen molar-refractivity contribution < 1.29 is 9.59 Å². The molecule has 2 unspecified atom stereocenters. The molecule has 1 aliphatic carbocycles. The fourth-order valence-corrected chi connectivity index (χ4v) is 3.31. The van der Waals surface area contributed by atoms with Gasteiger partial charge in [0.15, 0.2) is 0 Å². The molecule has 0 bridgehead atoms. The van der Waals surface area contributed by atoms with Crippen molar-refractivity contribution in [3.05, 3.63) is 46.0 Å². The van der Waals surface area contributed by atoms with Gasteiger partial charge in [-0.15, -0.1) is 5.11 Å². The summed E-state index contributed by atoms with van der Waals surface area (Å²) in [6.45, 7) is 0. The van der Waals surface area contributed by atoms with Gasteiger partial charge in [0.1, 0.15) is 0 Å². The van der Waals surface area contributed by atoms with Crippen molar-refractivity contribution in [3.8, 4) is 0 Å². The van der Waals surface area contributed by atoms with E-state index < -0.39 is 0 Å². The number of amides is 2. The van der Waals surface area contributed by atoms with Gasteiger partial charge in [-0.25, -0.2) is 0 Å². The average Bonchev–Trinajstić information content (AvgIpc) is 2.49. The monoisotopic (exact) mass is 361 g/mol. The van der Waals surface area contributed by atoms with Gasteiger partial charge in [0.25, 0.3) is 5.91 Å². The quantitative estimate of drug-likeness (QED) is 0.898. The molecule has 0 radical (unpaired) electrons. The van der Waals surface area contributed by atoms with Crippen LogP contribution in [0.3, 0.4) is 0 Å². The fraction of sp³-hybridized carbons (Fsp3) is 0.375. The van der Waals surface area contributed by atoms with Crippen LogP contribution in [0.5, 0.6) is 0 Å². The lowest BCUT2D eigenvalue weighted by molar-refractivity contribution is -0.121. The number of halogens is 1. The molecule has 1 aliphatic heterocycles. The first kappa shape index (κ1) is 15.1. The van der Waals surface area contributed by atoms with Crippen LogP contribution in [0.15, 0.2) is 50.6 Å². The maximum atomic E-state index is 12.2. The Kier molecular flexibility index (Phi) is 4.47. The zero-order chi connectivity index (χ0) is 15.5. The van der Waals surface area contributed by atoms with Crippen LogP contribution in [0, 0.1) is 0 Å². The van der Waals surface area contributed by atoms with Gasteiger partial charge in [-0.2, -0.15) is 5.11 Å². The van der Waals surface area contributed by atoms with Crippen LogP contribution >= 0.6 is 15.9 Å². The van der Waals surface area contributed by atoms with E-state index in [2.05, 4.69) is 31.5 Å². The molecule has 5 nitrogen and oxygen atoms in total. The fourth-order valence-electron chi connectivity index (χ4n) is 2.88. The van der Waals surface area contributed by atoms with Crippen LogP contribution in [0.2, 0.25) is 0 Å². The Morgan fingerprint density at radius 3 is 2.95 bits per heavy atom. The first-order valence-electron chi connectivity index (χ1n) is 7.30. The van der Waals surface area contributed by atoms with Crippen LogP contribution < -0.4 is 5.32 Å². The summed E-state index contributed by atoms with van der Waals surface area (Å²) in [6, 6.07) is 7.80. The smallest absolute Gasteiger partial charge is 0.287 e. The zero-order valence-electron chi connectivity index (χ0n) is 12.0. The Hall–Kier alpha value is -1.82. The molecule has 22 heavy (non-hydrogen) atoms. The van der Waals surface area contributed by atoms with Gasteiger partial charge in [0.05, 0.1) is 12.5 Å². The number of fused-ring (bicyclic) bond motifs is 1. The van der Waals surface area contributed by atoms with E-state index in [9.17, 15) is 9.59 Å². The zero-order valence-corrected chi connectivity index (χ0v) is 13.5. The molecule has 1 heterocycles. The van der Waals surface area contributed by atoms with Crippen LogP contribution in [0.1, 0.15) is 24.8 Å². The van der Waals surface area contributed by atoms with Crippen molar-refractivity contribution in [2.75, 3.05) is 0 Å². The Morgan fingerprint density at radius 2 is 2.14 bits per heavy atom. The largest absolute Gasteiger partial charge is 0.353 e. The molecule has 114 valence electrons. The number of nitrogens with zero attached hydrogens (tertiary/aromatic N) is 2. The van der Waals surface area contributed by atoms with E-state index in [0.29, 0.717) is 12.8 Å². The average molecular weight is 362 g/mol. The van der Waals surface area contributed by atoms with Gasteiger partial charge < -0.3 is 5.32 Å². The van der Waals surface area contributed by atoms with Gasteiger partial charge in [0, 0.05) is 16.6 Å². The van der Waals surface area contributed by atoms with E-state index in [-0.39, 0.29) is 23.9 Å². The van der Waals surface area contributed by atoms with Crippen molar-refractivity contribution >= 4 is 27.7 Å². The third kappa shape index (κ3) is 3.50. The second kappa shape index (κ2) is 6.52. The number of carbonyl (C=O) groups is 2. The predicted molar refractivity (Wildman–Crippen MR) is 85.4 cm³/mol. The molecule has 1 fully saturated rings. The van der Waals surface area contributed by atoms with Gasteiger partial charge >= 0.3 is 0 Å². The number of nitrogens with one attached hydrogen (secondary N) is 1. The van der Waals surface area contributed by atoms with Gasteiger partial charge in [-0.05, 0) is 36.5 Å². The summed E-state index contributed by atoms with van der Waals surface area (Å²) in [5, 5.41) is 10.7. The molecule has 1 N–H and O–H groups in total. The highest BCUT2D eigenvalue weighted by molar-refractivity contribution is 9.10. The van der Waals surface area contributed by atoms with Crippen molar-refractivity contribution in [3.63, 3.8) is 0 Å². The summed E-state index contributed by atoms with van der Waals surface area (Å²) in [6.07, 6.45) is 4.26. The maximum absolute atomic E-state index is 12.2. The normalized spacial score (nSPS) is 23.7. The molecule has 0 saturated heterocycles. The summed E-state index contributed by atoms with van der Waals surface area (Å²) in [7, 11) is 0. The minimum absolute atomic E-state index is 0.000266. The molecular formula is C16H16BrN3O2. The molecule has 0 spiro atoms. The Bertz CT molecular complexity index is 669. The molecule has 2 aliphatic rings. The first-order chi connectivity index (χ1) is 10.6. The van der Waals surface area contributed by atoms with E-state index >= 15 is 0 Å². The first-order valence-corrected chi connectivity index (χ1v) is 8.09. The van der Waals surface area contributed by atoms with Crippen LogP contribution in [-0.4, -0.2) is 23.9 Å². The standard InChI is InChI=1S/C16H16BrN3O2/c17-13-4-2-1-3-10(13)8-15(21)18-12-5-6-14-11(7-12)9-16(22)20-19-14/h1-4,9,12,14H,5-8H2,(H,18,21). The van der Waals surface area contributed by atoms with E-state index in [1.54, 1.807) is 6.08 Å². The topological polar surface area (TPSA) is 70.9 Å². The van der Waals surface area contributed by atoms with Gasteiger partial charge in [-0.3, -0.25) is 9.59 Å². The van der Waals surface area contributed by atoms with E-state index in [1.807, 2.05) is 24.3 Å². The highest BCUT2D eigenvalue weighted by Gasteiger charge is 2.29. The van der Waals surface area contributed by atoms with Crippen molar-refractivity contribution in [2.45, 2.75) is 37.8 Å². The molecule has 0 aromatic heterocycles. The summed E-state index contributed by atoms with van der Waals surface area (Å²) in [4.78, 5) is 23.5. The Balaban J connectivity index is 1.59. The van der Waals surface area contributed by atoms with Crippen LogP contribution in [0.4, 0.5) is 0 Å². The van der Waals surface area contributed by atoms with E-state index in [1.165, 1.54) is 0 Å². The molecule has 2 amide bonds. The molecule has 1 saturated carbocycles. The summed E-state index contributed by atoms with van der Waals surface area (Å²) in [5.41, 5.74) is 1.95. The predicted octanol–water partition coefficient (Wildman–Crippen LogP) is 2.95. The highest BCUT2D eigenvalue weighted by Crippen LogP contribution is 2.29. The summed E-state index contributed by atoms with van der Waals surface area (Å²) < 4.78 is 0.940. The Morgan fingerprint density at radius 1 is 1.32 bits per heavy atom. The second-order valence-electron chi connectivity index (χ2n) is 5.60. The minimum atomic E-state index is -0.300. The third-order valence-corrected chi connectivity index (χ3v) is 4.75. The third-order valence-electron chi connectivity index (χ3n) is 3.98. The van der Waals surface area contributed by atoms with Crippen LogP contribution in [0.25, 0.3) is 0 Å². The maximum Gasteiger partial charge on any atom is 0.287 e. The lowest BCUT2D eigenvalue weighted by Crippen LogP contribution is -2.40. The number of benzene rings is 1. The van der Waals surface area contributed by atoms with Crippen molar-refractivity contribution in [2.24, 2.45) is 10.2 Å². The highest BCUT2D eigenvalue weighted by atomic mass is 79.9. The molecule has 6 heteroatoms. The minimum Gasteiger partial charge on any atom is -0.353 e. The van der Waals surface area contributed by atoms with Gasteiger partial charge in [-0.1, -0.05) is 34.1 Å². The van der Waals surface area contributed by atoms with Gasteiger partial charge in [0.2, 0.25) is 5.91 Å². The van der Waals surface area contributed by atoms with E-state index in [4.69, 9.17) is 0 Å². The second-order valence-corrected chi connectivity index (χ2v) is 6.46. The SMILES string of the molecule is O=C1C=C2CC(NC(=O)Cc3ccccc3Br)CCC2N=N1. The van der Waals surface area contributed by atoms with Crippen LogP contribution in [-0.2, 0) is 16.0 Å². The number of azo groups is 1. The lowest BCUT2D eigenvalue weighted by Gasteiger charge is -2.30. The Labute approximate surface area is 137 Å². The molecule has 1 aromatic carbocycles. The number of hydrogen-bond donors (Lipinski definition) is 1. The van der Waals surface area contributed by atoms with E-state index in [0.717, 1.165) is 28.5 Å². The molecule has 2 atom stereocenters. The summed E-state index contributed by atoms with van der Waals surface area (Å²) >= 11 is 3.45. The number of hydrogen-bond acceptors (Lipinski definition) is 3. The molecule has 1 aromatic rings. The van der Waals surface area contributed by atoms with Crippen molar-refractivity contribution in [1.29, 1.82) is 0 Å². The molecular weight excluding hydrogens is 346 g/mol. The lowest BCUT2D eigenvalue weighted by atomic mass is 9.86. The number of carbonyl (C=O) groups excluding carboxylic acids is 2. The molecule has 3 rings (SSSR count). The van der Waals surface area contributed by atoms with Crippen molar-refractivity contribution in [1.82, 2.24) is 5.32 Å². The summed E-state index contributed by atoms with van der Waals surface area (Å²) in [5.74, 6) is -0.300.